The van der Waals surface area contributed by atoms with Crippen LogP contribution in [-0.4, -0.2) is 23.1 Å². The van der Waals surface area contributed by atoms with Gasteiger partial charge in [-0.3, -0.25) is 0 Å². The van der Waals surface area contributed by atoms with E-state index in [0.29, 0.717) is 12.0 Å². The summed E-state index contributed by atoms with van der Waals surface area (Å²) in [6.45, 7) is 9.22. The zero-order valence-electron chi connectivity index (χ0n) is 11.0. The van der Waals surface area contributed by atoms with E-state index in [1.807, 2.05) is 13.1 Å². The number of nitrogens with two attached hydrogens (primary N) is 1. The molecule has 0 aromatic carbocycles. The second kappa shape index (κ2) is 4.61. The molecule has 0 bridgehead atoms. The van der Waals surface area contributed by atoms with Gasteiger partial charge < -0.3 is 10.6 Å². The fraction of sp³-hybridized carbons (Fsp3) is 0.692. The molecule has 17 heavy (non-hydrogen) atoms. The molecule has 1 aliphatic heterocycles. The minimum Gasteiger partial charge on any atom is -0.340 e. The van der Waals surface area contributed by atoms with Gasteiger partial charge in [0.1, 0.15) is 0 Å². The van der Waals surface area contributed by atoms with Crippen LogP contribution < -0.4 is 10.6 Å². The molecule has 0 spiro atoms. The molecule has 2 heterocycles. The smallest absolute Gasteiger partial charge is 0.225 e. The van der Waals surface area contributed by atoms with Crippen molar-refractivity contribution < 1.29 is 0 Å². The van der Waals surface area contributed by atoms with Gasteiger partial charge in [0.2, 0.25) is 5.95 Å². The first-order valence-corrected chi connectivity index (χ1v) is 6.29. The Labute approximate surface area is 103 Å². The Morgan fingerprint density at radius 3 is 2.82 bits per heavy atom. The van der Waals surface area contributed by atoms with E-state index in [1.54, 1.807) is 0 Å². The zero-order valence-corrected chi connectivity index (χ0v) is 11.0. The Morgan fingerprint density at radius 2 is 2.24 bits per heavy atom. The number of hydrogen-bond acceptors (Lipinski definition) is 4. The van der Waals surface area contributed by atoms with Gasteiger partial charge in [-0.2, -0.15) is 0 Å². The SMILES string of the molecule is Cc1nc(N2CCCC(C)(C)C2)ncc1CN. The van der Waals surface area contributed by atoms with Crippen LogP contribution in [0.2, 0.25) is 0 Å². The number of hydrogen-bond donors (Lipinski definition) is 1. The Hall–Kier alpha value is -1.16. The van der Waals surface area contributed by atoms with Crippen LogP contribution in [0, 0.1) is 12.3 Å². The Kier molecular flexibility index (Phi) is 3.33. The lowest BCUT2D eigenvalue weighted by atomic mass is 9.84. The van der Waals surface area contributed by atoms with Gasteiger partial charge in [0, 0.05) is 37.1 Å². The number of anilines is 1. The standard InChI is InChI=1S/C13H22N4/c1-10-11(7-14)8-15-12(16-10)17-6-4-5-13(2,3)9-17/h8H,4-7,9,14H2,1-3H3. The lowest BCUT2D eigenvalue weighted by Gasteiger charge is -2.38. The molecule has 94 valence electrons. The molecule has 2 rings (SSSR count). The fourth-order valence-electron chi connectivity index (χ4n) is 2.43. The molecule has 0 radical (unpaired) electrons. The van der Waals surface area contributed by atoms with Crippen molar-refractivity contribution in [3.63, 3.8) is 0 Å². The molecule has 0 saturated carbocycles. The van der Waals surface area contributed by atoms with Gasteiger partial charge in [-0.25, -0.2) is 9.97 Å². The van der Waals surface area contributed by atoms with Gasteiger partial charge in [-0.1, -0.05) is 13.8 Å². The summed E-state index contributed by atoms with van der Waals surface area (Å²) < 4.78 is 0. The van der Waals surface area contributed by atoms with E-state index in [-0.39, 0.29) is 0 Å². The maximum Gasteiger partial charge on any atom is 0.225 e. The van der Waals surface area contributed by atoms with Crippen molar-refractivity contribution in [2.45, 2.75) is 40.2 Å². The lowest BCUT2D eigenvalue weighted by Crippen LogP contribution is -2.41. The van der Waals surface area contributed by atoms with Crippen LogP contribution >= 0.6 is 0 Å². The molecule has 0 amide bonds. The van der Waals surface area contributed by atoms with Crippen LogP contribution in [-0.2, 0) is 6.54 Å². The van der Waals surface area contributed by atoms with E-state index >= 15 is 0 Å². The van der Waals surface area contributed by atoms with Crippen molar-refractivity contribution >= 4 is 5.95 Å². The fourth-order valence-corrected chi connectivity index (χ4v) is 2.43. The minimum absolute atomic E-state index is 0.363. The zero-order chi connectivity index (χ0) is 12.5. The molecule has 1 saturated heterocycles. The molecule has 1 aromatic rings. The van der Waals surface area contributed by atoms with Crippen molar-refractivity contribution in [1.29, 1.82) is 0 Å². The molecule has 1 aliphatic rings. The van der Waals surface area contributed by atoms with Gasteiger partial charge in [-0.05, 0) is 25.2 Å². The Balaban J connectivity index is 2.19. The average Bonchev–Trinajstić information content (AvgIpc) is 2.27. The van der Waals surface area contributed by atoms with E-state index < -0.39 is 0 Å². The monoisotopic (exact) mass is 234 g/mol. The molecular weight excluding hydrogens is 212 g/mol. The number of aromatic nitrogens is 2. The highest BCUT2D eigenvalue weighted by Gasteiger charge is 2.27. The van der Waals surface area contributed by atoms with E-state index in [1.165, 1.54) is 12.8 Å². The maximum atomic E-state index is 5.63. The highest BCUT2D eigenvalue weighted by Crippen LogP contribution is 2.30. The molecular formula is C13H22N4. The number of rotatable bonds is 2. The van der Waals surface area contributed by atoms with Crippen LogP contribution in [0.5, 0.6) is 0 Å². The van der Waals surface area contributed by atoms with Crippen LogP contribution in [0.3, 0.4) is 0 Å². The van der Waals surface area contributed by atoms with Crippen molar-refractivity contribution in [3.8, 4) is 0 Å². The van der Waals surface area contributed by atoms with Crippen molar-refractivity contribution in [3.05, 3.63) is 17.5 Å². The first-order valence-electron chi connectivity index (χ1n) is 6.29. The molecule has 0 unspecified atom stereocenters. The van der Waals surface area contributed by atoms with E-state index in [0.717, 1.165) is 30.3 Å². The highest BCUT2D eigenvalue weighted by atomic mass is 15.3. The van der Waals surface area contributed by atoms with Gasteiger partial charge in [0.05, 0.1) is 0 Å². The second-order valence-corrected chi connectivity index (χ2v) is 5.67. The summed E-state index contributed by atoms with van der Waals surface area (Å²) in [5.41, 5.74) is 8.03. The van der Waals surface area contributed by atoms with Gasteiger partial charge >= 0.3 is 0 Å². The van der Waals surface area contributed by atoms with Crippen LogP contribution in [0.15, 0.2) is 6.20 Å². The van der Waals surface area contributed by atoms with Gasteiger partial charge in [-0.15, -0.1) is 0 Å². The number of piperidine rings is 1. The van der Waals surface area contributed by atoms with E-state index in [4.69, 9.17) is 5.73 Å². The summed E-state index contributed by atoms with van der Waals surface area (Å²) in [6.07, 6.45) is 4.36. The normalized spacial score (nSPS) is 19.4. The molecule has 1 fully saturated rings. The summed E-state index contributed by atoms with van der Waals surface area (Å²) in [4.78, 5) is 11.3. The highest BCUT2D eigenvalue weighted by molar-refractivity contribution is 5.34. The van der Waals surface area contributed by atoms with Crippen molar-refractivity contribution in [2.75, 3.05) is 18.0 Å². The molecule has 2 N–H and O–H groups in total. The van der Waals surface area contributed by atoms with Crippen LogP contribution in [0.25, 0.3) is 0 Å². The molecule has 4 heteroatoms. The predicted octanol–water partition coefficient (Wildman–Crippen LogP) is 1.87. The van der Waals surface area contributed by atoms with E-state index in [2.05, 4.69) is 28.7 Å². The third-order valence-electron chi connectivity index (χ3n) is 3.47. The maximum absolute atomic E-state index is 5.63. The summed E-state index contributed by atoms with van der Waals surface area (Å²) >= 11 is 0. The summed E-state index contributed by atoms with van der Waals surface area (Å²) in [5.74, 6) is 0.854. The summed E-state index contributed by atoms with van der Waals surface area (Å²) in [5, 5.41) is 0. The minimum atomic E-state index is 0.363. The Bertz CT molecular complexity index is 400. The van der Waals surface area contributed by atoms with Crippen LogP contribution in [0.1, 0.15) is 37.9 Å². The van der Waals surface area contributed by atoms with Gasteiger partial charge in [0.15, 0.2) is 0 Å². The number of nitrogens with zero attached hydrogens (tertiary/aromatic N) is 3. The third kappa shape index (κ3) is 2.75. The average molecular weight is 234 g/mol. The van der Waals surface area contributed by atoms with E-state index in [9.17, 15) is 0 Å². The first kappa shape index (κ1) is 12.3. The lowest BCUT2D eigenvalue weighted by molar-refractivity contribution is 0.291. The van der Waals surface area contributed by atoms with Crippen molar-refractivity contribution in [1.82, 2.24) is 9.97 Å². The first-order chi connectivity index (χ1) is 8.02. The number of aryl methyl sites for hydroxylation is 1. The largest absolute Gasteiger partial charge is 0.340 e. The topological polar surface area (TPSA) is 55.0 Å². The Morgan fingerprint density at radius 1 is 1.47 bits per heavy atom. The van der Waals surface area contributed by atoms with Gasteiger partial charge in [0.25, 0.3) is 0 Å². The quantitative estimate of drug-likeness (QED) is 0.848. The third-order valence-corrected chi connectivity index (χ3v) is 3.47. The molecule has 4 nitrogen and oxygen atoms in total. The van der Waals surface area contributed by atoms with Crippen LogP contribution in [0.4, 0.5) is 5.95 Å². The summed E-state index contributed by atoms with van der Waals surface area (Å²) in [6, 6.07) is 0. The molecule has 1 aromatic heterocycles. The molecule has 0 atom stereocenters. The summed E-state index contributed by atoms with van der Waals surface area (Å²) in [7, 11) is 0. The molecule has 0 aliphatic carbocycles. The second-order valence-electron chi connectivity index (χ2n) is 5.67. The predicted molar refractivity (Wildman–Crippen MR) is 69.9 cm³/mol. The van der Waals surface area contributed by atoms with Crippen molar-refractivity contribution in [2.24, 2.45) is 11.1 Å².